The first-order valence-electron chi connectivity index (χ1n) is 3.64. The van der Waals surface area contributed by atoms with Crippen LogP contribution in [0.5, 0.6) is 0 Å². The first-order chi connectivity index (χ1) is 4.29. The van der Waals surface area contributed by atoms with Gasteiger partial charge in [0.05, 0.1) is 12.7 Å². The second-order valence-corrected chi connectivity index (χ2v) is 2.79. The van der Waals surface area contributed by atoms with Crippen molar-refractivity contribution in [1.29, 1.82) is 0 Å². The summed E-state index contributed by atoms with van der Waals surface area (Å²) in [5.41, 5.74) is 0. The molecule has 9 heavy (non-hydrogen) atoms. The molecule has 2 nitrogen and oxygen atoms in total. The molecule has 0 aliphatic carbocycles. The summed E-state index contributed by atoms with van der Waals surface area (Å²) >= 11 is 0. The average molecular weight is 129 g/mol. The molecule has 0 radical (unpaired) electrons. The predicted molar refractivity (Wildman–Crippen MR) is 37.5 cm³/mol. The summed E-state index contributed by atoms with van der Waals surface area (Å²) < 4.78 is 5.45. The first-order valence-corrected chi connectivity index (χ1v) is 3.64. The summed E-state index contributed by atoms with van der Waals surface area (Å²) in [6, 6.07) is 0.537. The maximum Gasteiger partial charge on any atom is 0.0620 e. The van der Waals surface area contributed by atoms with E-state index >= 15 is 0 Å². The number of ether oxygens (including phenoxy) is 1. The molecule has 1 heterocycles. The van der Waals surface area contributed by atoms with Crippen LogP contribution in [0.15, 0.2) is 0 Å². The van der Waals surface area contributed by atoms with Gasteiger partial charge >= 0.3 is 0 Å². The number of hydrogen-bond acceptors (Lipinski definition) is 2. The minimum atomic E-state index is 0.447. The van der Waals surface area contributed by atoms with Crippen LogP contribution in [0.1, 0.15) is 20.3 Å². The van der Waals surface area contributed by atoms with Crippen molar-refractivity contribution in [2.75, 3.05) is 13.2 Å². The molecule has 0 amide bonds. The molecular formula is C7H15NO. The molecule has 2 atom stereocenters. The lowest BCUT2D eigenvalue weighted by molar-refractivity contribution is 0.0669. The molecular weight excluding hydrogens is 114 g/mol. The molecule has 2 unspecified atom stereocenters. The Morgan fingerprint density at radius 3 is 3.00 bits per heavy atom. The quantitative estimate of drug-likeness (QED) is 0.521. The molecule has 1 N–H and O–H groups in total. The predicted octanol–water partition coefficient (Wildman–Crippen LogP) is 0.773. The van der Waals surface area contributed by atoms with Crippen molar-refractivity contribution in [2.24, 2.45) is 0 Å². The zero-order chi connectivity index (χ0) is 6.69. The summed E-state index contributed by atoms with van der Waals surface area (Å²) in [4.78, 5) is 0. The van der Waals surface area contributed by atoms with Gasteiger partial charge in [-0.25, -0.2) is 0 Å². The number of rotatable bonds is 0. The van der Waals surface area contributed by atoms with E-state index in [9.17, 15) is 0 Å². The standard InChI is InChI=1S/C7H15NO/c1-6-5-9-7(2)3-4-8-6/h6-8H,3-5H2,1-2H3. The van der Waals surface area contributed by atoms with Gasteiger partial charge in [-0.15, -0.1) is 0 Å². The van der Waals surface area contributed by atoms with E-state index < -0.39 is 0 Å². The normalized spacial score (nSPS) is 38.0. The second-order valence-electron chi connectivity index (χ2n) is 2.79. The van der Waals surface area contributed by atoms with Crippen LogP contribution < -0.4 is 5.32 Å². The van der Waals surface area contributed by atoms with E-state index in [-0.39, 0.29) is 0 Å². The largest absolute Gasteiger partial charge is 0.377 e. The third-order valence-corrected chi connectivity index (χ3v) is 1.67. The van der Waals surface area contributed by atoms with Crippen molar-refractivity contribution in [3.05, 3.63) is 0 Å². The van der Waals surface area contributed by atoms with E-state index in [1.165, 1.54) is 0 Å². The highest BCUT2D eigenvalue weighted by Gasteiger charge is 2.10. The van der Waals surface area contributed by atoms with Gasteiger partial charge < -0.3 is 10.1 Å². The van der Waals surface area contributed by atoms with Crippen molar-refractivity contribution in [2.45, 2.75) is 32.4 Å². The number of hydrogen-bond donors (Lipinski definition) is 1. The van der Waals surface area contributed by atoms with Gasteiger partial charge in [0.2, 0.25) is 0 Å². The van der Waals surface area contributed by atoms with Gasteiger partial charge in [0.1, 0.15) is 0 Å². The second kappa shape index (κ2) is 3.18. The van der Waals surface area contributed by atoms with Gasteiger partial charge in [-0.3, -0.25) is 0 Å². The highest BCUT2D eigenvalue weighted by atomic mass is 16.5. The highest BCUT2D eigenvalue weighted by Crippen LogP contribution is 2.01. The van der Waals surface area contributed by atoms with Crippen LogP contribution >= 0.6 is 0 Å². The zero-order valence-electron chi connectivity index (χ0n) is 6.18. The van der Waals surface area contributed by atoms with Crippen molar-refractivity contribution in [1.82, 2.24) is 5.32 Å². The molecule has 1 fully saturated rings. The molecule has 0 aromatic heterocycles. The maximum atomic E-state index is 5.45. The van der Waals surface area contributed by atoms with Gasteiger partial charge in [-0.1, -0.05) is 0 Å². The van der Waals surface area contributed by atoms with Crippen LogP contribution in [0.25, 0.3) is 0 Å². The smallest absolute Gasteiger partial charge is 0.0620 e. The lowest BCUT2D eigenvalue weighted by Crippen LogP contribution is -2.27. The Morgan fingerprint density at radius 2 is 2.22 bits per heavy atom. The molecule has 1 saturated heterocycles. The molecule has 1 aliphatic rings. The molecule has 1 aliphatic heterocycles. The Morgan fingerprint density at radius 1 is 1.44 bits per heavy atom. The fourth-order valence-electron chi connectivity index (χ4n) is 0.984. The molecule has 0 saturated carbocycles. The van der Waals surface area contributed by atoms with Crippen molar-refractivity contribution >= 4 is 0 Å². The van der Waals surface area contributed by atoms with Crippen LogP contribution in [0.4, 0.5) is 0 Å². The third-order valence-electron chi connectivity index (χ3n) is 1.67. The van der Waals surface area contributed by atoms with E-state index in [2.05, 4.69) is 19.2 Å². The SMILES string of the molecule is CC1COC(C)CCN1. The Balaban J connectivity index is 2.25. The molecule has 0 aromatic rings. The summed E-state index contributed by atoms with van der Waals surface area (Å²) in [5, 5.41) is 3.35. The molecule has 0 aromatic carbocycles. The van der Waals surface area contributed by atoms with E-state index in [4.69, 9.17) is 4.74 Å². The summed E-state index contributed by atoms with van der Waals surface area (Å²) in [6.45, 7) is 6.24. The van der Waals surface area contributed by atoms with Gasteiger partial charge in [-0.2, -0.15) is 0 Å². The van der Waals surface area contributed by atoms with Crippen molar-refractivity contribution < 1.29 is 4.74 Å². The first kappa shape index (κ1) is 7.03. The summed E-state index contributed by atoms with van der Waals surface area (Å²) in [6.07, 6.45) is 1.59. The van der Waals surface area contributed by atoms with Gasteiger partial charge in [0, 0.05) is 6.04 Å². The maximum absolute atomic E-state index is 5.45. The Kier molecular flexibility index (Phi) is 2.49. The highest BCUT2D eigenvalue weighted by molar-refractivity contribution is 4.66. The Bertz CT molecular complexity index is 75.0. The Labute approximate surface area is 56.6 Å². The molecule has 1 rings (SSSR count). The molecule has 0 spiro atoms. The summed E-state index contributed by atoms with van der Waals surface area (Å²) in [7, 11) is 0. The van der Waals surface area contributed by atoms with Crippen LogP contribution in [0.3, 0.4) is 0 Å². The average Bonchev–Trinajstić information content (AvgIpc) is 1.97. The third kappa shape index (κ3) is 2.33. The summed E-state index contributed by atoms with van der Waals surface area (Å²) in [5.74, 6) is 0. The molecule has 2 heteroatoms. The van der Waals surface area contributed by atoms with E-state index in [0.29, 0.717) is 12.1 Å². The fraction of sp³-hybridized carbons (Fsp3) is 1.00. The molecule has 0 bridgehead atoms. The van der Waals surface area contributed by atoms with Crippen LogP contribution in [0, 0.1) is 0 Å². The van der Waals surface area contributed by atoms with E-state index in [1.807, 2.05) is 0 Å². The minimum absolute atomic E-state index is 0.447. The van der Waals surface area contributed by atoms with Crippen LogP contribution in [0.2, 0.25) is 0 Å². The molecule has 54 valence electrons. The lowest BCUT2D eigenvalue weighted by Gasteiger charge is -2.08. The topological polar surface area (TPSA) is 21.3 Å². The fourth-order valence-corrected chi connectivity index (χ4v) is 0.984. The van der Waals surface area contributed by atoms with Crippen LogP contribution in [-0.4, -0.2) is 25.3 Å². The van der Waals surface area contributed by atoms with Crippen molar-refractivity contribution in [3.8, 4) is 0 Å². The Hall–Kier alpha value is -0.0800. The van der Waals surface area contributed by atoms with Gasteiger partial charge in [0.15, 0.2) is 0 Å². The monoisotopic (exact) mass is 129 g/mol. The lowest BCUT2D eigenvalue weighted by atomic mass is 10.3. The van der Waals surface area contributed by atoms with Crippen LogP contribution in [-0.2, 0) is 4.74 Å². The minimum Gasteiger partial charge on any atom is -0.377 e. The van der Waals surface area contributed by atoms with Gasteiger partial charge in [-0.05, 0) is 26.8 Å². The van der Waals surface area contributed by atoms with Crippen molar-refractivity contribution in [3.63, 3.8) is 0 Å². The zero-order valence-corrected chi connectivity index (χ0v) is 6.18. The number of nitrogens with one attached hydrogen (secondary N) is 1. The van der Waals surface area contributed by atoms with Gasteiger partial charge in [0.25, 0.3) is 0 Å². The van der Waals surface area contributed by atoms with E-state index in [0.717, 1.165) is 19.6 Å². The van der Waals surface area contributed by atoms with E-state index in [1.54, 1.807) is 0 Å².